The first-order valence-electron chi connectivity index (χ1n) is 10.1. The molecule has 11 heteroatoms. The molecule has 0 aromatic heterocycles. The number of aliphatic hydroxyl groups is 2. The summed E-state index contributed by atoms with van der Waals surface area (Å²) in [4.78, 5) is 0. The highest BCUT2D eigenvalue weighted by molar-refractivity contribution is 6.89. The molecule has 0 amide bonds. The van der Waals surface area contributed by atoms with Crippen LogP contribution in [0.2, 0.25) is 65.0 Å². The van der Waals surface area contributed by atoms with Gasteiger partial charge in [-0.1, -0.05) is 0 Å². The number of aliphatic hydroxyl groups excluding tert-OH is 2. The van der Waals surface area contributed by atoms with E-state index in [9.17, 15) is 5.11 Å². The van der Waals surface area contributed by atoms with Crippen LogP contribution in [0.4, 0.5) is 0 Å². The van der Waals surface area contributed by atoms with E-state index in [-0.39, 0.29) is 13.2 Å². The van der Waals surface area contributed by atoms with E-state index in [0.717, 1.165) is 12.5 Å². The largest absolute Gasteiger partial charge is 0.437 e. The van der Waals surface area contributed by atoms with Crippen LogP contribution in [0.15, 0.2) is 0 Å². The van der Waals surface area contributed by atoms with E-state index >= 15 is 0 Å². The maximum atomic E-state index is 9.20. The van der Waals surface area contributed by atoms with Crippen LogP contribution >= 0.6 is 0 Å². The summed E-state index contributed by atoms with van der Waals surface area (Å²) in [5, 5.41) is 17.9. The number of rotatable bonds is 16. The lowest BCUT2D eigenvalue weighted by Gasteiger charge is -2.41. The summed E-state index contributed by atoms with van der Waals surface area (Å²) in [5.41, 5.74) is 0. The number of hydrogen-bond acceptors (Lipinski definition) is 7. The van der Waals surface area contributed by atoms with Gasteiger partial charge in [-0.2, -0.15) is 0 Å². The Kier molecular flexibility index (Phi) is 12.7. The molecule has 0 saturated carbocycles. The minimum Gasteiger partial charge on any atom is -0.437 e. The minimum atomic E-state index is -2.37. The highest BCUT2D eigenvalue weighted by Crippen LogP contribution is 2.27. The normalized spacial score (nSPS) is 16.8. The zero-order valence-electron chi connectivity index (χ0n) is 19.5. The summed E-state index contributed by atoms with van der Waals surface area (Å²) in [5.74, 6) is 0. The summed E-state index contributed by atoms with van der Waals surface area (Å²) in [6.45, 7) is 20.9. The lowest BCUT2D eigenvalue weighted by Crippen LogP contribution is -2.56. The molecule has 28 heavy (non-hydrogen) atoms. The molecule has 7 nitrogen and oxygen atoms in total. The Morgan fingerprint density at radius 3 is 1.75 bits per heavy atom. The van der Waals surface area contributed by atoms with Crippen molar-refractivity contribution in [3.63, 3.8) is 0 Å². The predicted molar refractivity (Wildman–Crippen MR) is 123 cm³/mol. The Morgan fingerprint density at radius 2 is 1.25 bits per heavy atom. The third-order valence-corrected chi connectivity index (χ3v) is 16.9. The van der Waals surface area contributed by atoms with Gasteiger partial charge < -0.3 is 32.0 Å². The Balaban J connectivity index is 4.49. The van der Waals surface area contributed by atoms with E-state index in [1.807, 2.05) is 0 Å². The maximum Gasteiger partial charge on any atom is 0.315 e. The maximum absolute atomic E-state index is 9.20. The molecular formula is C17H44O7Si4. The Bertz CT molecular complexity index is 427. The van der Waals surface area contributed by atoms with Gasteiger partial charge in [0.2, 0.25) is 0 Å². The number of hydrogen-bond donors (Lipinski definition) is 2. The van der Waals surface area contributed by atoms with Crippen LogP contribution in [-0.4, -0.2) is 83.1 Å². The van der Waals surface area contributed by atoms with Crippen molar-refractivity contribution >= 4 is 33.8 Å². The van der Waals surface area contributed by atoms with Gasteiger partial charge in [0.05, 0.1) is 26.4 Å². The second-order valence-electron chi connectivity index (χ2n) is 9.69. The van der Waals surface area contributed by atoms with E-state index in [1.54, 1.807) is 0 Å². The van der Waals surface area contributed by atoms with Gasteiger partial charge in [0.15, 0.2) is 16.6 Å². The van der Waals surface area contributed by atoms with Crippen LogP contribution in [0.5, 0.6) is 0 Å². The molecule has 0 aliphatic heterocycles. The molecule has 2 unspecified atom stereocenters. The van der Waals surface area contributed by atoms with E-state index < -0.39 is 39.9 Å². The molecule has 2 N–H and O–H groups in total. The Hall–Kier alpha value is 0.588. The van der Waals surface area contributed by atoms with Crippen molar-refractivity contribution < 1.29 is 32.0 Å². The molecule has 0 aromatic carbocycles. The minimum absolute atomic E-state index is 0.125. The molecule has 0 fully saturated rings. The van der Waals surface area contributed by atoms with Gasteiger partial charge >= 0.3 is 17.1 Å². The first-order valence-corrected chi connectivity index (χ1v) is 22.3. The van der Waals surface area contributed by atoms with Crippen molar-refractivity contribution in [3.05, 3.63) is 0 Å². The van der Waals surface area contributed by atoms with Crippen LogP contribution in [0.3, 0.4) is 0 Å². The third kappa shape index (κ3) is 16.4. The van der Waals surface area contributed by atoms with Crippen molar-refractivity contribution in [2.24, 2.45) is 0 Å². The standard InChI is InChI=1S/C17H44O7Si4/c1-25(2,3)22-27(7,8)24-28(9,23-26(4,5)6)14-10-11-20-12-13-21-16-17(19)15-18/h17-19H,10-16H2,1-9H3. The Morgan fingerprint density at radius 1 is 0.714 bits per heavy atom. The van der Waals surface area contributed by atoms with Gasteiger partial charge in [0.1, 0.15) is 6.10 Å². The van der Waals surface area contributed by atoms with Crippen LogP contribution in [-0.2, 0) is 21.8 Å². The average molecular weight is 473 g/mol. The van der Waals surface area contributed by atoms with Gasteiger partial charge in [0.25, 0.3) is 0 Å². The summed E-state index contributed by atoms with van der Waals surface area (Å²) >= 11 is 0. The third-order valence-electron chi connectivity index (χ3n) is 3.35. The molecule has 0 rings (SSSR count). The van der Waals surface area contributed by atoms with Gasteiger partial charge in [-0.15, -0.1) is 0 Å². The fraction of sp³-hybridized carbons (Fsp3) is 1.00. The van der Waals surface area contributed by atoms with E-state index in [0.29, 0.717) is 19.8 Å². The first-order chi connectivity index (χ1) is 12.6. The molecule has 0 aromatic rings. The Labute approximate surface area is 176 Å². The van der Waals surface area contributed by atoms with Gasteiger partial charge in [-0.25, -0.2) is 0 Å². The molecule has 170 valence electrons. The molecular weight excluding hydrogens is 429 g/mol. The molecule has 0 radical (unpaired) electrons. The van der Waals surface area contributed by atoms with Crippen LogP contribution in [0.25, 0.3) is 0 Å². The van der Waals surface area contributed by atoms with Crippen molar-refractivity contribution in [1.29, 1.82) is 0 Å². The lowest BCUT2D eigenvalue weighted by atomic mass is 10.4. The molecule has 0 spiro atoms. The first kappa shape index (κ1) is 28.6. The highest BCUT2D eigenvalue weighted by atomic mass is 28.5. The molecule has 0 saturated heterocycles. The number of ether oxygens (including phenoxy) is 2. The van der Waals surface area contributed by atoms with Crippen LogP contribution < -0.4 is 0 Å². The second kappa shape index (κ2) is 12.4. The van der Waals surface area contributed by atoms with Gasteiger partial charge in [0, 0.05) is 6.61 Å². The van der Waals surface area contributed by atoms with Crippen molar-refractivity contribution in [2.45, 2.75) is 77.5 Å². The molecule has 0 bridgehead atoms. The van der Waals surface area contributed by atoms with E-state index in [4.69, 9.17) is 26.9 Å². The predicted octanol–water partition coefficient (Wildman–Crippen LogP) is 3.26. The summed E-state index contributed by atoms with van der Waals surface area (Å²) in [6.07, 6.45) is 0.0395. The molecule has 0 aliphatic carbocycles. The smallest absolute Gasteiger partial charge is 0.315 e. The van der Waals surface area contributed by atoms with Gasteiger partial charge in [-0.05, 0) is 71.4 Å². The SMILES string of the molecule is C[Si](C)(C)O[Si](C)(C)O[Si](C)(CCCOCCOCC(O)CO)O[Si](C)(C)C. The topological polar surface area (TPSA) is 86.6 Å². The molecule has 2 atom stereocenters. The van der Waals surface area contributed by atoms with E-state index in [2.05, 4.69) is 58.9 Å². The fourth-order valence-electron chi connectivity index (χ4n) is 3.04. The van der Waals surface area contributed by atoms with E-state index in [1.165, 1.54) is 0 Å². The summed E-state index contributed by atoms with van der Waals surface area (Å²) < 4.78 is 30.4. The summed E-state index contributed by atoms with van der Waals surface area (Å²) in [7, 11) is -8.04. The highest BCUT2D eigenvalue weighted by Gasteiger charge is 2.44. The van der Waals surface area contributed by atoms with Crippen LogP contribution in [0.1, 0.15) is 6.42 Å². The van der Waals surface area contributed by atoms with Gasteiger partial charge in [-0.3, -0.25) is 0 Å². The monoisotopic (exact) mass is 472 g/mol. The second-order valence-corrected chi connectivity index (χ2v) is 26.2. The fourth-order valence-corrected chi connectivity index (χ4v) is 21.0. The molecule has 0 heterocycles. The van der Waals surface area contributed by atoms with Crippen LogP contribution in [0, 0.1) is 0 Å². The summed E-state index contributed by atoms with van der Waals surface area (Å²) in [6, 6.07) is 0.868. The quantitative estimate of drug-likeness (QED) is 0.263. The van der Waals surface area contributed by atoms with Crippen molar-refractivity contribution in [1.82, 2.24) is 0 Å². The molecule has 0 aliphatic rings. The lowest BCUT2D eigenvalue weighted by molar-refractivity contribution is -0.0147. The zero-order chi connectivity index (χ0) is 22.1. The van der Waals surface area contributed by atoms with Crippen molar-refractivity contribution in [3.8, 4) is 0 Å². The average Bonchev–Trinajstić information content (AvgIpc) is 2.44. The zero-order valence-corrected chi connectivity index (χ0v) is 23.5. The van der Waals surface area contributed by atoms with Crippen molar-refractivity contribution in [2.75, 3.05) is 33.0 Å².